The number of aromatic hydroxyl groups is 1. The van der Waals surface area contributed by atoms with Crippen LogP contribution in [0.1, 0.15) is 24.1 Å². The molecule has 1 aliphatic rings. The van der Waals surface area contributed by atoms with Crippen LogP contribution in [0, 0.1) is 0 Å². The molecule has 2 rings (SSSR count). The van der Waals surface area contributed by atoms with Crippen molar-refractivity contribution in [1.29, 1.82) is 0 Å². The summed E-state index contributed by atoms with van der Waals surface area (Å²) < 4.78 is 0. The third-order valence-electron chi connectivity index (χ3n) is 2.58. The first-order chi connectivity index (χ1) is 7.08. The number of nitrogens with zero attached hydrogens (tertiary/aromatic N) is 2. The van der Waals surface area contributed by atoms with Gasteiger partial charge in [0.2, 0.25) is 0 Å². The number of rotatable bonds is 0. The fraction of sp³-hybridized carbons (Fsp3) is 0.400. The van der Waals surface area contributed by atoms with Gasteiger partial charge >= 0.3 is 6.09 Å². The van der Waals surface area contributed by atoms with Crippen LogP contribution >= 0.6 is 0 Å². The van der Waals surface area contributed by atoms with Crippen molar-refractivity contribution in [3.05, 3.63) is 23.5 Å². The van der Waals surface area contributed by atoms with Crippen molar-refractivity contribution in [3.63, 3.8) is 0 Å². The van der Waals surface area contributed by atoms with E-state index in [1.165, 1.54) is 11.1 Å². The maximum absolute atomic E-state index is 10.8. The SMILES string of the molecule is CC1CN(C(=O)O)Cc2cc(O)cnc21. The van der Waals surface area contributed by atoms with Crippen molar-refractivity contribution in [3.8, 4) is 5.75 Å². The number of fused-ring (bicyclic) bond motifs is 1. The average Bonchev–Trinajstić information content (AvgIpc) is 2.16. The fourth-order valence-corrected chi connectivity index (χ4v) is 1.91. The summed E-state index contributed by atoms with van der Waals surface area (Å²) in [6.45, 7) is 2.69. The predicted molar refractivity (Wildman–Crippen MR) is 52.8 cm³/mol. The number of carbonyl (C=O) groups is 1. The molecular formula is C10H12N2O3. The lowest BCUT2D eigenvalue weighted by molar-refractivity contribution is 0.135. The minimum absolute atomic E-state index is 0.0745. The maximum atomic E-state index is 10.8. The molecule has 0 radical (unpaired) electrons. The summed E-state index contributed by atoms with van der Waals surface area (Å²) in [4.78, 5) is 16.3. The van der Waals surface area contributed by atoms with Crippen molar-refractivity contribution in [2.45, 2.75) is 19.4 Å². The smallest absolute Gasteiger partial charge is 0.407 e. The molecule has 1 amide bonds. The zero-order valence-corrected chi connectivity index (χ0v) is 8.34. The van der Waals surface area contributed by atoms with E-state index in [2.05, 4.69) is 4.98 Å². The molecule has 0 aromatic carbocycles. The van der Waals surface area contributed by atoms with Crippen molar-refractivity contribution >= 4 is 6.09 Å². The molecule has 1 aliphatic heterocycles. The van der Waals surface area contributed by atoms with Gasteiger partial charge in [-0.2, -0.15) is 0 Å². The summed E-state index contributed by atoms with van der Waals surface area (Å²) in [6.07, 6.45) is 0.460. The molecule has 0 saturated carbocycles. The van der Waals surface area contributed by atoms with E-state index < -0.39 is 6.09 Å². The number of aromatic nitrogens is 1. The molecule has 5 heteroatoms. The molecule has 80 valence electrons. The number of pyridine rings is 1. The fourth-order valence-electron chi connectivity index (χ4n) is 1.91. The highest BCUT2D eigenvalue weighted by atomic mass is 16.4. The normalized spacial score (nSPS) is 19.8. The third kappa shape index (κ3) is 1.72. The highest BCUT2D eigenvalue weighted by molar-refractivity contribution is 5.65. The molecule has 2 N–H and O–H groups in total. The number of hydrogen-bond acceptors (Lipinski definition) is 3. The Morgan fingerprint density at radius 1 is 1.67 bits per heavy atom. The van der Waals surface area contributed by atoms with E-state index in [4.69, 9.17) is 5.11 Å². The molecular weight excluding hydrogens is 196 g/mol. The summed E-state index contributed by atoms with van der Waals surface area (Å²) in [5, 5.41) is 18.2. The van der Waals surface area contributed by atoms with Gasteiger partial charge in [0.15, 0.2) is 0 Å². The molecule has 2 heterocycles. The van der Waals surface area contributed by atoms with Gasteiger partial charge in [-0.3, -0.25) is 4.98 Å². The standard InChI is InChI=1S/C10H12N2O3/c1-6-4-12(10(14)15)5-7-2-8(13)3-11-9(6)7/h2-3,6,13H,4-5H2,1H3,(H,14,15). The Hall–Kier alpha value is -1.78. The molecule has 0 aliphatic carbocycles. The van der Waals surface area contributed by atoms with Crippen LogP contribution in [0.2, 0.25) is 0 Å². The first-order valence-electron chi connectivity index (χ1n) is 4.73. The molecule has 0 bridgehead atoms. The van der Waals surface area contributed by atoms with Crippen LogP contribution in [0.15, 0.2) is 12.3 Å². The quantitative estimate of drug-likeness (QED) is 0.675. The number of hydrogen-bond donors (Lipinski definition) is 2. The van der Waals surface area contributed by atoms with Gasteiger partial charge in [0, 0.05) is 12.5 Å². The molecule has 1 aromatic heterocycles. The second-order valence-corrected chi connectivity index (χ2v) is 3.80. The van der Waals surface area contributed by atoms with Crippen molar-refractivity contribution < 1.29 is 15.0 Å². The van der Waals surface area contributed by atoms with Crippen LogP contribution in [-0.2, 0) is 6.54 Å². The second kappa shape index (κ2) is 3.42. The molecule has 1 unspecified atom stereocenters. The van der Waals surface area contributed by atoms with E-state index >= 15 is 0 Å². The molecule has 15 heavy (non-hydrogen) atoms. The summed E-state index contributed by atoms with van der Waals surface area (Å²) in [7, 11) is 0. The lowest BCUT2D eigenvalue weighted by atomic mass is 9.97. The van der Waals surface area contributed by atoms with E-state index in [1.54, 1.807) is 6.07 Å². The minimum atomic E-state index is -0.934. The van der Waals surface area contributed by atoms with Gasteiger partial charge in [0.25, 0.3) is 0 Å². The van der Waals surface area contributed by atoms with Gasteiger partial charge in [0.05, 0.1) is 18.4 Å². The van der Waals surface area contributed by atoms with E-state index in [0.717, 1.165) is 11.3 Å². The lowest BCUT2D eigenvalue weighted by Crippen LogP contribution is -2.36. The first-order valence-corrected chi connectivity index (χ1v) is 4.73. The van der Waals surface area contributed by atoms with Gasteiger partial charge in [-0.15, -0.1) is 0 Å². The highest BCUT2D eigenvalue weighted by Gasteiger charge is 2.26. The summed E-state index contributed by atoms with van der Waals surface area (Å²) in [5.74, 6) is 0.152. The van der Waals surface area contributed by atoms with Crippen LogP contribution in [0.25, 0.3) is 0 Å². The zero-order chi connectivity index (χ0) is 11.0. The summed E-state index contributed by atoms with van der Waals surface area (Å²) in [6, 6.07) is 1.58. The Labute approximate surface area is 87.0 Å². The van der Waals surface area contributed by atoms with Gasteiger partial charge in [-0.1, -0.05) is 6.92 Å². The summed E-state index contributed by atoms with van der Waals surface area (Å²) >= 11 is 0. The van der Waals surface area contributed by atoms with Gasteiger partial charge in [0.1, 0.15) is 5.75 Å². The van der Waals surface area contributed by atoms with Crippen molar-refractivity contribution in [2.75, 3.05) is 6.54 Å². The molecule has 1 atom stereocenters. The first kappa shape index (κ1) is 9.76. The van der Waals surface area contributed by atoms with Gasteiger partial charge < -0.3 is 15.1 Å². The zero-order valence-electron chi connectivity index (χ0n) is 8.34. The van der Waals surface area contributed by atoms with Crippen LogP contribution in [-0.4, -0.2) is 32.7 Å². The van der Waals surface area contributed by atoms with E-state index in [9.17, 15) is 9.90 Å². The molecule has 0 spiro atoms. The average molecular weight is 208 g/mol. The minimum Gasteiger partial charge on any atom is -0.506 e. The van der Waals surface area contributed by atoms with E-state index in [-0.39, 0.29) is 11.7 Å². The second-order valence-electron chi connectivity index (χ2n) is 3.80. The van der Waals surface area contributed by atoms with Gasteiger partial charge in [-0.25, -0.2) is 4.79 Å². The Kier molecular flexibility index (Phi) is 2.22. The Morgan fingerprint density at radius 2 is 2.40 bits per heavy atom. The highest BCUT2D eigenvalue weighted by Crippen LogP contribution is 2.28. The molecule has 1 aromatic rings. The monoisotopic (exact) mass is 208 g/mol. The molecule has 5 nitrogen and oxygen atoms in total. The largest absolute Gasteiger partial charge is 0.506 e. The third-order valence-corrected chi connectivity index (χ3v) is 2.58. The van der Waals surface area contributed by atoms with Gasteiger partial charge in [-0.05, 0) is 11.6 Å². The topological polar surface area (TPSA) is 73.7 Å². The predicted octanol–water partition coefficient (Wildman–Crippen LogP) is 1.38. The van der Waals surface area contributed by atoms with Crippen molar-refractivity contribution in [1.82, 2.24) is 9.88 Å². The van der Waals surface area contributed by atoms with Crippen molar-refractivity contribution in [2.24, 2.45) is 0 Å². The van der Waals surface area contributed by atoms with Crippen LogP contribution in [0.4, 0.5) is 4.79 Å². The Morgan fingerprint density at radius 3 is 3.07 bits per heavy atom. The van der Waals surface area contributed by atoms with E-state index in [0.29, 0.717) is 13.1 Å². The Balaban J connectivity index is 2.37. The van der Waals surface area contributed by atoms with Crippen LogP contribution in [0.3, 0.4) is 0 Å². The number of amides is 1. The molecule has 0 saturated heterocycles. The van der Waals surface area contributed by atoms with Crippen LogP contribution in [0.5, 0.6) is 5.75 Å². The lowest BCUT2D eigenvalue weighted by Gasteiger charge is -2.30. The van der Waals surface area contributed by atoms with E-state index in [1.807, 2.05) is 6.92 Å². The number of carboxylic acid groups (broad SMARTS) is 1. The summed E-state index contributed by atoms with van der Waals surface area (Å²) in [5.41, 5.74) is 1.67. The van der Waals surface area contributed by atoms with Crippen LogP contribution < -0.4 is 0 Å². The Bertz CT molecular complexity index is 406. The molecule has 0 fully saturated rings. The maximum Gasteiger partial charge on any atom is 0.407 e.